The van der Waals surface area contributed by atoms with Crippen molar-refractivity contribution in [3.05, 3.63) is 71.3 Å². The van der Waals surface area contributed by atoms with Gasteiger partial charge < -0.3 is 10.2 Å². The Morgan fingerprint density at radius 1 is 0.862 bits per heavy atom. The maximum Gasteiger partial charge on any atom is 0.224 e. The number of benzene rings is 2. The number of hydrogen-bond donors (Lipinski definition) is 1. The Morgan fingerprint density at radius 2 is 1.48 bits per heavy atom. The van der Waals surface area contributed by atoms with Gasteiger partial charge in [-0.05, 0) is 74.1 Å². The second kappa shape index (κ2) is 10.1. The van der Waals surface area contributed by atoms with E-state index in [1.807, 2.05) is 30.3 Å². The van der Waals surface area contributed by atoms with Crippen LogP contribution in [0.2, 0.25) is 0 Å². The Kier molecular flexibility index (Phi) is 7.00. The minimum Gasteiger partial charge on any atom is -0.353 e. The van der Waals surface area contributed by atoms with Gasteiger partial charge in [-0.3, -0.25) is 4.79 Å². The molecule has 0 unspecified atom stereocenters. The maximum atomic E-state index is 12.3. The van der Waals surface area contributed by atoms with E-state index in [-0.39, 0.29) is 5.91 Å². The molecule has 154 valence electrons. The average molecular weight is 391 g/mol. The minimum absolute atomic E-state index is 0.170. The fourth-order valence-corrected chi connectivity index (χ4v) is 4.96. The third-order valence-corrected chi connectivity index (χ3v) is 6.79. The van der Waals surface area contributed by atoms with E-state index in [0.717, 1.165) is 24.3 Å². The molecule has 4 rings (SSSR count). The quantitative estimate of drug-likeness (QED) is 0.793. The number of carbonyl (C=O) groups is 1. The van der Waals surface area contributed by atoms with Crippen molar-refractivity contribution in [1.82, 2.24) is 10.2 Å². The second-order valence-electron chi connectivity index (χ2n) is 8.85. The van der Waals surface area contributed by atoms with Crippen molar-refractivity contribution in [2.45, 2.75) is 57.4 Å². The van der Waals surface area contributed by atoms with Gasteiger partial charge in [-0.25, -0.2) is 0 Å². The normalized spacial score (nSPS) is 22.5. The van der Waals surface area contributed by atoms with Crippen molar-refractivity contribution < 1.29 is 4.79 Å². The van der Waals surface area contributed by atoms with Crippen molar-refractivity contribution in [3.63, 3.8) is 0 Å². The lowest BCUT2D eigenvalue weighted by atomic mass is 9.84. The van der Waals surface area contributed by atoms with Gasteiger partial charge >= 0.3 is 0 Å². The van der Waals surface area contributed by atoms with E-state index < -0.39 is 0 Å². The molecule has 1 saturated carbocycles. The number of nitrogens with zero attached hydrogens (tertiary/aromatic N) is 1. The van der Waals surface area contributed by atoms with E-state index in [0.29, 0.717) is 12.5 Å². The fraction of sp³-hybridized carbons (Fsp3) is 0.500. The van der Waals surface area contributed by atoms with E-state index in [1.165, 1.54) is 51.7 Å². The van der Waals surface area contributed by atoms with E-state index in [2.05, 4.69) is 34.5 Å². The largest absolute Gasteiger partial charge is 0.353 e. The molecule has 29 heavy (non-hydrogen) atoms. The van der Waals surface area contributed by atoms with Gasteiger partial charge in [-0.2, -0.15) is 0 Å². The molecule has 2 aromatic rings. The van der Waals surface area contributed by atoms with Gasteiger partial charge in [0.1, 0.15) is 0 Å². The Labute approximate surface area is 175 Å². The van der Waals surface area contributed by atoms with Gasteiger partial charge in [0, 0.05) is 19.1 Å². The van der Waals surface area contributed by atoms with Crippen LogP contribution in [0.25, 0.3) is 0 Å². The predicted molar refractivity (Wildman–Crippen MR) is 119 cm³/mol. The van der Waals surface area contributed by atoms with E-state index in [1.54, 1.807) is 11.1 Å². The van der Waals surface area contributed by atoms with Gasteiger partial charge in [-0.15, -0.1) is 0 Å². The van der Waals surface area contributed by atoms with Crippen molar-refractivity contribution >= 4 is 5.91 Å². The summed E-state index contributed by atoms with van der Waals surface area (Å²) in [5, 5.41) is 3.26. The first kappa shape index (κ1) is 20.2. The molecular formula is C26H34N2O. The summed E-state index contributed by atoms with van der Waals surface area (Å²) < 4.78 is 0. The highest BCUT2D eigenvalue weighted by Crippen LogP contribution is 2.27. The topological polar surface area (TPSA) is 32.3 Å². The summed E-state index contributed by atoms with van der Waals surface area (Å²) in [4.78, 5) is 15.0. The molecule has 3 nitrogen and oxygen atoms in total. The molecule has 1 aliphatic carbocycles. The number of carbonyl (C=O) groups excluding carboxylic acids is 1. The fourth-order valence-electron chi connectivity index (χ4n) is 4.96. The summed E-state index contributed by atoms with van der Waals surface area (Å²) in [5.41, 5.74) is 4.18. The first-order valence-electron chi connectivity index (χ1n) is 11.4. The van der Waals surface area contributed by atoms with Crippen LogP contribution in [0.15, 0.2) is 54.6 Å². The van der Waals surface area contributed by atoms with Crippen LogP contribution < -0.4 is 5.32 Å². The van der Waals surface area contributed by atoms with Crippen LogP contribution in [0.3, 0.4) is 0 Å². The van der Waals surface area contributed by atoms with Gasteiger partial charge in [-0.1, -0.05) is 54.6 Å². The van der Waals surface area contributed by atoms with Crippen LogP contribution in [-0.2, 0) is 24.1 Å². The zero-order valence-corrected chi connectivity index (χ0v) is 17.5. The number of nitrogens with one attached hydrogen (secondary N) is 1. The lowest BCUT2D eigenvalue weighted by Gasteiger charge is -2.30. The lowest BCUT2D eigenvalue weighted by Crippen LogP contribution is -2.39. The van der Waals surface area contributed by atoms with E-state index in [9.17, 15) is 4.79 Å². The molecule has 1 heterocycles. The Hall–Kier alpha value is -2.13. The summed E-state index contributed by atoms with van der Waals surface area (Å²) in [6.45, 7) is 3.62. The van der Waals surface area contributed by atoms with E-state index in [4.69, 9.17) is 0 Å². The lowest BCUT2D eigenvalue weighted by molar-refractivity contribution is -0.121. The van der Waals surface area contributed by atoms with E-state index >= 15 is 0 Å². The summed E-state index contributed by atoms with van der Waals surface area (Å²) in [6.07, 6.45) is 8.97. The Bertz CT molecular complexity index is 753. The minimum atomic E-state index is 0.170. The average Bonchev–Trinajstić information content (AvgIpc) is 2.96. The zero-order chi connectivity index (χ0) is 19.9. The third-order valence-electron chi connectivity index (χ3n) is 6.79. The molecule has 2 aromatic carbocycles. The Balaban J connectivity index is 1.15. The summed E-state index contributed by atoms with van der Waals surface area (Å²) in [7, 11) is 0. The highest BCUT2D eigenvalue weighted by Gasteiger charge is 2.23. The monoisotopic (exact) mass is 390 g/mol. The smallest absolute Gasteiger partial charge is 0.224 e. The van der Waals surface area contributed by atoms with Gasteiger partial charge in [0.15, 0.2) is 0 Å². The molecule has 0 atom stereocenters. The SMILES string of the molecule is O=C(Cc1ccccc1)NC1CCC(CCN2CCc3ccccc3CC2)CC1. The van der Waals surface area contributed by atoms with Crippen LogP contribution in [0.5, 0.6) is 0 Å². The molecule has 1 aliphatic heterocycles. The van der Waals surface area contributed by atoms with Gasteiger partial charge in [0.05, 0.1) is 6.42 Å². The molecule has 0 spiro atoms. The van der Waals surface area contributed by atoms with Crippen molar-refractivity contribution in [2.75, 3.05) is 19.6 Å². The summed E-state index contributed by atoms with van der Waals surface area (Å²) >= 11 is 0. The first-order valence-corrected chi connectivity index (χ1v) is 11.4. The molecule has 1 fully saturated rings. The van der Waals surface area contributed by atoms with Crippen LogP contribution in [0.4, 0.5) is 0 Å². The van der Waals surface area contributed by atoms with Crippen molar-refractivity contribution in [3.8, 4) is 0 Å². The molecular weight excluding hydrogens is 356 g/mol. The molecule has 0 radical (unpaired) electrons. The molecule has 1 N–H and O–H groups in total. The number of rotatable bonds is 6. The Morgan fingerprint density at radius 3 is 2.14 bits per heavy atom. The summed E-state index contributed by atoms with van der Waals surface area (Å²) in [5.74, 6) is 0.992. The molecule has 0 bridgehead atoms. The molecule has 0 aromatic heterocycles. The molecule has 3 heteroatoms. The maximum absolute atomic E-state index is 12.3. The van der Waals surface area contributed by atoms with Crippen molar-refractivity contribution in [2.24, 2.45) is 5.92 Å². The summed E-state index contributed by atoms with van der Waals surface area (Å²) in [6, 6.07) is 19.3. The molecule has 0 saturated heterocycles. The van der Waals surface area contributed by atoms with Crippen LogP contribution in [0, 0.1) is 5.92 Å². The molecule has 2 aliphatic rings. The highest BCUT2D eigenvalue weighted by molar-refractivity contribution is 5.78. The highest BCUT2D eigenvalue weighted by atomic mass is 16.1. The standard InChI is InChI=1S/C26H34N2O/c29-26(20-22-6-2-1-3-7-22)27-25-12-10-21(11-13-25)14-17-28-18-15-23-8-4-5-9-24(23)16-19-28/h1-9,21,25H,10-20H2,(H,27,29). The number of fused-ring (bicyclic) bond motifs is 1. The number of amides is 1. The first-order chi connectivity index (χ1) is 14.3. The van der Waals surface area contributed by atoms with Gasteiger partial charge in [0.2, 0.25) is 5.91 Å². The van der Waals surface area contributed by atoms with Crippen molar-refractivity contribution in [1.29, 1.82) is 0 Å². The zero-order valence-electron chi connectivity index (χ0n) is 17.5. The van der Waals surface area contributed by atoms with Crippen LogP contribution in [-0.4, -0.2) is 36.5 Å². The van der Waals surface area contributed by atoms with Gasteiger partial charge in [0.25, 0.3) is 0 Å². The van der Waals surface area contributed by atoms with Crippen LogP contribution >= 0.6 is 0 Å². The predicted octanol–water partition coefficient (Wildman–Crippen LogP) is 4.40. The second-order valence-corrected chi connectivity index (χ2v) is 8.85. The molecule has 1 amide bonds. The third kappa shape index (κ3) is 5.93. The van der Waals surface area contributed by atoms with Crippen LogP contribution in [0.1, 0.15) is 48.8 Å². The number of hydrogen-bond acceptors (Lipinski definition) is 2.